The fourth-order valence-corrected chi connectivity index (χ4v) is 7.28. The van der Waals surface area contributed by atoms with Crippen LogP contribution >= 0.6 is 0 Å². The van der Waals surface area contributed by atoms with Crippen molar-refractivity contribution in [1.29, 1.82) is 0 Å². The first-order valence-electron chi connectivity index (χ1n) is 14.9. The number of hydrogen-bond donors (Lipinski definition) is 0. The van der Waals surface area contributed by atoms with Gasteiger partial charge in [-0.15, -0.1) is 0 Å². The van der Waals surface area contributed by atoms with E-state index in [0.29, 0.717) is 0 Å². The molecule has 3 fully saturated rings. The normalized spacial score (nSPS) is 34.4. The number of rotatable bonds is 0. The first-order chi connectivity index (χ1) is 14.9. The van der Waals surface area contributed by atoms with Crippen molar-refractivity contribution in [3.63, 3.8) is 0 Å². The van der Waals surface area contributed by atoms with Crippen molar-refractivity contribution in [2.45, 2.75) is 171 Å². The molecule has 0 N–H and O–H groups in total. The SMILES string of the molecule is B1C2CCCCCCCBC3CCCC1CCCC(BCCCCCCCC2)CC3. The van der Waals surface area contributed by atoms with Crippen molar-refractivity contribution in [2.75, 3.05) is 0 Å². The molecule has 3 aliphatic rings. The highest BCUT2D eigenvalue weighted by Gasteiger charge is 2.22. The molecule has 0 aromatic carbocycles. The molecule has 0 radical (unpaired) electrons. The van der Waals surface area contributed by atoms with E-state index >= 15 is 0 Å². The average Bonchev–Trinajstić information content (AvgIpc) is 2.78. The minimum atomic E-state index is 1.06. The van der Waals surface area contributed by atoms with E-state index in [2.05, 4.69) is 0 Å². The van der Waals surface area contributed by atoms with Crippen molar-refractivity contribution in [2.24, 2.45) is 0 Å². The number of hydrogen-bond acceptors (Lipinski definition) is 0. The Morgan fingerprint density at radius 2 is 0.667 bits per heavy atom. The van der Waals surface area contributed by atoms with Gasteiger partial charge in [0, 0.05) is 0 Å². The van der Waals surface area contributed by atoms with Crippen LogP contribution in [-0.4, -0.2) is 21.8 Å². The van der Waals surface area contributed by atoms with Gasteiger partial charge in [-0.25, -0.2) is 0 Å². The highest BCUT2D eigenvalue weighted by Crippen LogP contribution is 2.37. The summed E-state index contributed by atoms with van der Waals surface area (Å²) in [7, 11) is 4.70. The Bertz CT molecular complexity index is 413. The van der Waals surface area contributed by atoms with Gasteiger partial charge in [0.25, 0.3) is 0 Å². The molecule has 2 aliphatic heterocycles. The molecule has 0 amide bonds. The fourth-order valence-electron chi connectivity index (χ4n) is 7.28. The van der Waals surface area contributed by atoms with Crippen LogP contribution in [0.1, 0.15) is 135 Å². The minimum Gasteiger partial charge on any atom is -0.0772 e. The summed E-state index contributed by atoms with van der Waals surface area (Å²) in [5, 5.41) is 0. The standard InChI is InChI=1S/C27H53B3/c1-2-6-10-22-28-24-16-12-18-27-19-13-17-25(21-20-24)29-23-11-7-3-5-9-15-26(30-27)14-8-4-1/h24-30H,1-23H2. The molecule has 0 spiro atoms. The van der Waals surface area contributed by atoms with Crippen molar-refractivity contribution < 1.29 is 0 Å². The summed E-state index contributed by atoms with van der Waals surface area (Å²) in [6.07, 6.45) is 35.4. The zero-order chi connectivity index (χ0) is 20.7. The Morgan fingerprint density at radius 1 is 0.300 bits per heavy atom. The van der Waals surface area contributed by atoms with Gasteiger partial charge in [-0.3, -0.25) is 0 Å². The van der Waals surface area contributed by atoms with Gasteiger partial charge in [0.1, 0.15) is 21.8 Å². The third kappa shape index (κ3) is 10.7. The molecule has 0 nitrogen and oxygen atoms in total. The van der Waals surface area contributed by atoms with Crippen molar-refractivity contribution in [1.82, 2.24) is 0 Å². The van der Waals surface area contributed by atoms with E-state index in [1.807, 2.05) is 0 Å². The molecule has 4 unspecified atom stereocenters. The molecule has 30 heavy (non-hydrogen) atoms. The van der Waals surface area contributed by atoms with Crippen LogP contribution in [0.25, 0.3) is 0 Å². The second-order valence-corrected chi connectivity index (χ2v) is 11.9. The zero-order valence-electron chi connectivity index (χ0n) is 20.7. The summed E-state index contributed by atoms with van der Waals surface area (Å²) in [5.74, 6) is 4.25. The molecule has 0 aromatic rings. The Hall–Kier alpha value is 0.195. The lowest BCUT2D eigenvalue weighted by atomic mass is 9.50. The molecule has 1 aliphatic carbocycles. The monoisotopic (exact) mass is 410 g/mol. The fraction of sp³-hybridized carbons (Fsp3) is 1.00. The van der Waals surface area contributed by atoms with Crippen LogP contribution < -0.4 is 0 Å². The summed E-state index contributed by atoms with van der Waals surface area (Å²) in [6.45, 7) is 0. The third-order valence-electron chi connectivity index (χ3n) is 9.30. The van der Waals surface area contributed by atoms with E-state index in [1.54, 1.807) is 86.0 Å². The molecule has 4 bridgehead atoms. The minimum absolute atomic E-state index is 1.06. The van der Waals surface area contributed by atoms with Gasteiger partial charge in [0.15, 0.2) is 0 Å². The summed E-state index contributed by atoms with van der Waals surface area (Å²) in [4.78, 5) is 0. The summed E-state index contributed by atoms with van der Waals surface area (Å²) >= 11 is 0. The maximum absolute atomic E-state index is 1.59. The van der Waals surface area contributed by atoms with E-state index in [1.165, 1.54) is 83.3 Å². The van der Waals surface area contributed by atoms with Crippen LogP contribution in [0.5, 0.6) is 0 Å². The highest BCUT2D eigenvalue weighted by atomic mass is 14.2. The Morgan fingerprint density at radius 3 is 1.17 bits per heavy atom. The first kappa shape index (κ1) is 24.8. The quantitative estimate of drug-likeness (QED) is 0.351. The average molecular weight is 410 g/mol. The van der Waals surface area contributed by atoms with Gasteiger partial charge in [-0.1, -0.05) is 171 Å². The second kappa shape index (κ2) is 15.9. The largest absolute Gasteiger partial charge is 0.127 e. The van der Waals surface area contributed by atoms with E-state index < -0.39 is 0 Å². The molecular formula is C27H53B3. The summed E-state index contributed by atoms with van der Waals surface area (Å²) < 4.78 is 0. The lowest BCUT2D eigenvalue weighted by Crippen LogP contribution is -2.13. The summed E-state index contributed by atoms with van der Waals surface area (Å²) in [5.41, 5.74) is 0. The highest BCUT2D eigenvalue weighted by molar-refractivity contribution is 6.40. The molecule has 0 aromatic heterocycles. The van der Waals surface area contributed by atoms with E-state index in [4.69, 9.17) is 0 Å². The van der Waals surface area contributed by atoms with Gasteiger partial charge in [-0.2, -0.15) is 0 Å². The van der Waals surface area contributed by atoms with Gasteiger partial charge < -0.3 is 0 Å². The number of fused-ring (bicyclic) bond motifs is 7. The molecule has 2 heterocycles. The topological polar surface area (TPSA) is 0 Å². The maximum atomic E-state index is 1.59. The lowest BCUT2D eigenvalue weighted by molar-refractivity contribution is 0.520. The smallest absolute Gasteiger partial charge is 0.0772 e. The second-order valence-electron chi connectivity index (χ2n) is 11.9. The molecule has 1 saturated carbocycles. The molecule has 3 rings (SSSR count). The zero-order valence-corrected chi connectivity index (χ0v) is 20.7. The van der Waals surface area contributed by atoms with Crippen LogP contribution in [0.3, 0.4) is 0 Å². The first-order valence-corrected chi connectivity index (χ1v) is 14.9. The molecule has 2 saturated heterocycles. The van der Waals surface area contributed by atoms with Gasteiger partial charge in [0.05, 0.1) is 0 Å². The van der Waals surface area contributed by atoms with Crippen LogP contribution in [-0.2, 0) is 0 Å². The predicted molar refractivity (Wildman–Crippen MR) is 143 cm³/mol. The van der Waals surface area contributed by atoms with Crippen molar-refractivity contribution >= 4 is 21.8 Å². The molecule has 4 atom stereocenters. The Kier molecular flexibility index (Phi) is 13.2. The Balaban J connectivity index is 1.69. The van der Waals surface area contributed by atoms with Crippen molar-refractivity contribution in [3.05, 3.63) is 0 Å². The van der Waals surface area contributed by atoms with E-state index in [-0.39, 0.29) is 0 Å². The van der Waals surface area contributed by atoms with Crippen LogP contribution in [0.4, 0.5) is 0 Å². The predicted octanol–water partition coefficient (Wildman–Crippen LogP) is 8.52. The lowest BCUT2D eigenvalue weighted by Gasteiger charge is -2.24. The van der Waals surface area contributed by atoms with Gasteiger partial charge in [0.2, 0.25) is 0 Å². The van der Waals surface area contributed by atoms with Gasteiger partial charge >= 0.3 is 0 Å². The van der Waals surface area contributed by atoms with Gasteiger partial charge in [-0.05, 0) is 0 Å². The maximum Gasteiger partial charge on any atom is 0.127 e. The van der Waals surface area contributed by atoms with Crippen LogP contribution in [0.2, 0.25) is 35.9 Å². The van der Waals surface area contributed by atoms with E-state index in [9.17, 15) is 0 Å². The summed E-state index contributed by atoms with van der Waals surface area (Å²) in [6, 6.07) is 0. The Labute approximate surface area is 192 Å². The third-order valence-corrected chi connectivity index (χ3v) is 9.30. The van der Waals surface area contributed by atoms with Crippen molar-refractivity contribution in [3.8, 4) is 0 Å². The molecule has 170 valence electrons. The molecular weight excluding hydrogens is 357 g/mol. The molecule has 3 heteroatoms. The van der Waals surface area contributed by atoms with Crippen LogP contribution in [0, 0.1) is 0 Å². The van der Waals surface area contributed by atoms with E-state index in [0.717, 1.165) is 23.3 Å². The van der Waals surface area contributed by atoms with Crippen LogP contribution in [0.15, 0.2) is 0 Å².